The molecule has 8 heteroatoms. The maximum atomic E-state index is 12.7. The van der Waals surface area contributed by atoms with Gasteiger partial charge in [-0.25, -0.2) is 12.4 Å². The Morgan fingerprint density at radius 1 is 1.24 bits per heavy atom. The van der Waals surface area contributed by atoms with Crippen molar-refractivity contribution < 1.29 is 13.5 Å². The third-order valence-corrected chi connectivity index (χ3v) is 5.64. The molecule has 3 aromatic rings. The fourth-order valence-corrected chi connectivity index (χ4v) is 4.32. The predicted octanol–water partition coefficient (Wildman–Crippen LogP) is 3.40. The molecule has 0 fully saturated rings. The van der Waals surface area contributed by atoms with Gasteiger partial charge < -0.3 is 10.1 Å². The van der Waals surface area contributed by atoms with Crippen molar-refractivity contribution in [3.8, 4) is 5.88 Å². The van der Waals surface area contributed by atoms with Crippen molar-refractivity contribution in [3.05, 3.63) is 51.8 Å². The molecule has 0 radical (unpaired) electrons. The van der Waals surface area contributed by atoms with Gasteiger partial charge in [0.1, 0.15) is 0 Å². The minimum Gasteiger partial charge on any atom is -0.493 e. The molecule has 0 aliphatic rings. The first-order valence-corrected chi connectivity index (χ1v) is 8.48. The minimum absolute atomic E-state index is 0.0838. The average molecular weight is 385 g/mol. The highest BCUT2D eigenvalue weighted by Gasteiger charge is 2.21. The molecule has 0 unspecified atom stereocenters. The second kappa shape index (κ2) is 4.97. The van der Waals surface area contributed by atoms with Crippen LogP contribution in [0.1, 0.15) is 0 Å². The van der Waals surface area contributed by atoms with Gasteiger partial charge >= 0.3 is 0 Å². The average Bonchev–Trinajstić information content (AvgIpc) is 2.77. The molecular weight excluding hydrogens is 376 g/mol. The maximum absolute atomic E-state index is 12.7. The Hall–Kier alpha value is -1.64. The van der Waals surface area contributed by atoms with Crippen LogP contribution in [0.25, 0.3) is 10.8 Å². The summed E-state index contributed by atoms with van der Waals surface area (Å²) < 4.78 is 27.0. The number of aromatic amines is 1. The summed E-state index contributed by atoms with van der Waals surface area (Å²) in [7, 11) is -3.89. The molecule has 2 aromatic carbocycles. The lowest BCUT2D eigenvalue weighted by Crippen LogP contribution is -2.12. The van der Waals surface area contributed by atoms with E-state index in [2.05, 4.69) is 20.9 Å². The van der Waals surface area contributed by atoms with Gasteiger partial charge in [-0.05, 0) is 35.8 Å². The molecule has 3 rings (SSSR count). The molecule has 0 saturated heterocycles. The van der Waals surface area contributed by atoms with Gasteiger partial charge in [0.25, 0.3) is 10.0 Å². The Kier molecular flexibility index (Phi) is 3.39. The van der Waals surface area contributed by atoms with Crippen molar-refractivity contribution in [2.24, 2.45) is 0 Å². The molecule has 0 aliphatic carbocycles. The zero-order chi connectivity index (χ0) is 15.2. The first-order chi connectivity index (χ1) is 9.89. The molecule has 2 N–H and O–H groups in total. The molecule has 1 aromatic heterocycles. The van der Waals surface area contributed by atoms with E-state index < -0.39 is 10.0 Å². The normalized spacial score (nSPS) is 11.9. The van der Waals surface area contributed by atoms with Crippen LogP contribution in [0.4, 0.5) is 0 Å². The molecule has 0 bridgehead atoms. The molecule has 21 heavy (non-hydrogen) atoms. The van der Waals surface area contributed by atoms with E-state index in [0.29, 0.717) is 5.39 Å². The second-order valence-electron chi connectivity index (χ2n) is 4.37. The number of nitrogens with one attached hydrogen (secondary N) is 1. The van der Waals surface area contributed by atoms with E-state index in [-0.39, 0.29) is 15.5 Å². The summed E-state index contributed by atoms with van der Waals surface area (Å²) in [5, 5.41) is 10.8. The van der Waals surface area contributed by atoms with Crippen LogP contribution < -0.4 is 0 Å². The van der Waals surface area contributed by atoms with Crippen LogP contribution in [0.2, 0.25) is 0 Å². The Balaban J connectivity index is 2.36. The Bertz CT molecular complexity index is 1010. The minimum atomic E-state index is -3.89. The van der Waals surface area contributed by atoms with Crippen LogP contribution in [0.5, 0.6) is 5.88 Å². The van der Waals surface area contributed by atoms with Crippen molar-refractivity contribution in [2.75, 3.05) is 0 Å². The molecule has 0 aliphatic heterocycles. The summed E-state index contributed by atoms with van der Waals surface area (Å²) in [4.78, 5) is 2.51. The number of aromatic hydroxyl groups is 1. The van der Waals surface area contributed by atoms with Crippen LogP contribution in [0.3, 0.4) is 0 Å². The number of rotatable bonds is 2. The zero-order valence-corrected chi connectivity index (χ0v) is 13.7. The van der Waals surface area contributed by atoms with Crippen molar-refractivity contribution in [1.29, 1.82) is 0 Å². The van der Waals surface area contributed by atoms with E-state index in [1.54, 1.807) is 12.1 Å². The second-order valence-corrected chi connectivity index (χ2v) is 7.45. The monoisotopic (exact) mass is 384 g/mol. The number of benzene rings is 2. The van der Waals surface area contributed by atoms with E-state index >= 15 is 0 Å². The lowest BCUT2D eigenvalue weighted by molar-refractivity contribution is 0.456. The highest BCUT2D eigenvalue weighted by atomic mass is 79.9. The smallest absolute Gasteiger partial charge is 0.270 e. The molecule has 0 saturated carbocycles. The van der Waals surface area contributed by atoms with Gasteiger partial charge in [0.05, 0.1) is 11.1 Å². The molecule has 1 heterocycles. The molecular formula is C13H9BrN2O3S2. The van der Waals surface area contributed by atoms with Crippen molar-refractivity contribution in [2.45, 2.75) is 4.90 Å². The third kappa shape index (κ3) is 2.39. The highest BCUT2D eigenvalue weighted by Crippen LogP contribution is 2.28. The first kappa shape index (κ1) is 14.3. The summed E-state index contributed by atoms with van der Waals surface area (Å²) in [6.07, 6.45) is 1.05. The molecule has 5 nitrogen and oxygen atoms in total. The maximum Gasteiger partial charge on any atom is 0.270 e. The Labute approximate surface area is 134 Å². The van der Waals surface area contributed by atoms with Crippen molar-refractivity contribution in [3.63, 3.8) is 0 Å². The van der Waals surface area contributed by atoms with Gasteiger partial charge in [-0.3, -0.25) is 0 Å². The SMILES string of the molecule is O=S(=O)(c1cccc2ccc(Br)cc12)n1cc(O)[nH]c1=S. The van der Waals surface area contributed by atoms with Gasteiger partial charge in [0, 0.05) is 9.86 Å². The molecule has 0 atom stereocenters. The highest BCUT2D eigenvalue weighted by molar-refractivity contribution is 9.10. The fraction of sp³-hybridized carbons (Fsp3) is 0. The number of fused-ring (bicyclic) bond motifs is 1. The summed E-state index contributed by atoms with van der Waals surface area (Å²) in [5.41, 5.74) is 0. The number of hydrogen-bond acceptors (Lipinski definition) is 4. The quantitative estimate of drug-likeness (QED) is 0.663. The number of imidazole rings is 1. The number of aromatic nitrogens is 2. The van der Waals surface area contributed by atoms with Crippen molar-refractivity contribution in [1.82, 2.24) is 8.96 Å². The molecule has 0 spiro atoms. The van der Waals surface area contributed by atoms with Gasteiger partial charge in [-0.1, -0.05) is 34.1 Å². The van der Waals surface area contributed by atoms with Crippen LogP contribution in [-0.2, 0) is 10.0 Å². The number of nitrogens with zero attached hydrogens (tertiary/aromatic N) is 1. The van der Waals surface area contributed by atoms with Gasteiger partial charge in [-0.2, -0.15) is 0 Å². The van der Waals surface area contributed by atoms with Crippen LogP contribution in [0, 0.1) is 4.77 Å². The fourth-order valence-electron chi connectivity index (χ4n) is 2.09. The van der Waals surface area contributed by atoms with E-state index in [9.17, 15) is 13.5 Å². The van der Waals surface area contributed by atoms with E-state index in [1.807, 2.05) is 18.2 Å². The lowest BCUT2D eigenvalue weighted by atomic mass is 10.1. The van der Waals surface area contributed by atoms with Crippen LogP contribution in [0.15, 0.2) is 52.0 Å². The van der Waals surface area contributed by atoms with E-state index in [1.165, 1.54) is 6.07 Å². The summed E-state index contributed by atoms with van der Waals surface area (Å²) in [5.74, 6) is -0.301. The van der Waals surface area contributed by atoms with Crippen LogP contribution >= 0.6 is 28.1 Å². The molecule has 108 valence electrons. The largest absolute Gasteiger partial charge is 0.493 e. The number of hydrogen-bond donors (Lipinski definition) is 2. The third-order valence-electron chi connectivity index (χ3n) is 3.02. The number of halogens is 1. The van der Waals surface area contributed by atoms with Crippen molar-refractivity contribution >= 4 is 48.9 Å². The predicted molar refractivity (Wildman–Crippen MR) is 85.5 cm³/mol. The van der Waals surface area contributed by atoms with E-state index in [4.69, 9.17) is 12.2 Å². The summed E-state index contributed by atoms with van der Waals surface area (Å²) >= 11 is 8.27. The van der Waals surface area contributed by atoms with Gasteiger partial charge in [0.15, 0.2) is 4.77 Å². The first-order valence-electron chi connectivity index (χ1n) is 5.84. The Morgan fingerprint density at radius 2 is 2.00 bits per heavy atom. The van der Waals surface area contributed by atoms with Gasteiger partial charge in [-0.15, -0.1) is 0 Å². The zero-order valence-electron chi connectivity index (χ0n) is 10.4. The van der Waals surface area contributed by atoms with Crippen LogP contribution in [-0.4, -0.2) is 22.5 Å². The summed E-state index contributed by atoms with van der Waals surface area (Å²) in [6.45, 7) is 0. The summed E-state index contributed by atoms with van der Waals surface area (Å²) in [6, 6.07) is 10.4. The van der Waals surface area contributed by atoms with E-state index in [0.717, 1.165) is 20.0 Å². The number of H-pyrrole nitrogens is 1. The Morgan fingerprint density at radius 3 is 2.67 bits per heavy atom. The topological polar surface area (TPSA) is 75.1 Å². The molecule has 0 amide bonds. The standard InChI is InChI=1S/C13H9BrN2O3S2/c14-9-5-4-8-2-1-3-11(10(8)6-9)21(18,19)16-7-12(17)15-13(16)20/h1-7,17H,(H,15,20). The lowest BCUT2D eigenvalue weighted by Gasteiger charge is -2.09. The van der Waals surface area contributed by atoms with Gasteiger partial charge in [0.2, 0.25) is 5.88 Å².